The van der Waals surface area contributed by atoms with Crippen LogP contribution in [0.15, 0.2) is 12.3 Å². The lowest BCUT2D eigenvalue weighted by Gasteiger charge is -2.10. The molecule has 4 nitrogen and oxygen atoms in total. The number of aliphatic hydroxyl groups is 1. The van der Waals surface area contributed by atoms with E-state index in [1.54, 1.807) is 6.20 Å². The molecule has 2 aromatic rings. The second-order valence-corrected chi connectivity index (χ2v) is 4.53. The molecule has 0 bridgehead atoms. The van der Waals surface area contributed by atoms with Crippen LogP contribution in [0.3, 0.4) is 0 Å². The van der Waals surface area contributed by atoms with Crippen molar-refractivity contribution in [2.45, 2.75) is 40.7 Å². The van der Waals surface area contributed by atoms with Gasteiger partial charge in [-0.3, -0.25) is 4.98 Å². The van der Waals surface area contributed by atoms with Crippen molar-refractivity contribution in [1.82, 2.24) is 14.8 Å². The average Bonchev–Trinajstić information content (AvgIpc) is 2.64. The van der Waals surface area contributed by atoms with Crippen molar-refractivity contribution >= 4 is 0 Å². The maximum Gasteiger partial charge on any atom is 0.0737 e. The highest BCUT2D eigenvalue weighted by molar-refractivity contribution is 5.43. The Kier molecular flexibility index (Phi) is 3.48. The molecule has 0 radical (unpaired) electrons. The summed E-state index contributed by atoms with van der Waals surface area (Å²) in [6.07, 6.45) is 2.68. The molecule has 0 aliphatic carbocycles. The van der Waals surface area contributed by atoms with Crippen LogP contribution >= 0.6 is 0 Å². The topological polar surface area (TPSA) is 50.9 Å². The molecule has 4 heteroatoms. The molecule has 18 heavy (non-hydrogen) atoms. The van der Waals surface area contributed by atoms with Gasteiger partial charge in [0.2, 0.25) is 0 Å². The van der Waals surface area contributed by atoms with E-state index in [2.05, 4.69) is 23.9 Å². The smallest absolute Gasteiger partial charge is 0.0737 e. The maximum atomic E-state index is 9.41. The molecule has 0 saturated carbocycles. The third kappa shape index (κ3) is 2.04. The van der Waals surface area contributed by atoms with E-state index in [4.69, 9.17) is 0 Å². The summed E-state index contributed by atoms with van der Waals surface area (Å²) in [5, 5.41) is 14.0. The largest absolute Gasteiger partial charge is 0.392 e. The first kappa shape index (κ1) is 12.8. The molecule has 0 amide bonds. The van der Waals surface area contributed by atoms with Crippen LogP contribution in [-0.2, 0) is 13.0 Å². The predicted octanol–water partition coefficient (Wildman–Crippen LogP) is 2.25. The number of aromatic nitrogens is 3. The van der Waals surface area contributed by atoms with E-state index in [1.807, 2.05) is 24.6 Å². The van der Waals surface area contributed by atoms with Crippen molar-refractivity contribution in [2.24, 2.45) is 0 Å². The van der Waals surface area contributed by atoms with Crippen LogP contribution in [0, 0.1) is 20.8 Å². The SMILES string of the molecule is CCc1c(C)nn(-c2cc(C)ncc2CO)c1C. The van der Waals surface area contributed by atoms with Crippen molar-refractivity contribution in [1.29, 1.82) is 0 Å². The van der Waals surface area contributed by atoms with Crippen LogP contribution in [0.4, 0.5) is 0 Å². The van der Waals surface area contributed by atoms with Gasteiger partial charge < -0.3 is 5.11 Å². The van der Waals surface area contributed by atoms with E-state index >= 15 is 0 Å². The van der Waals surface area contributed by atoms with Crippen LogP contribution in [0.25, 0.3) is 5.69 Å². The first-order chi connectivity index (χ1) is 8.58. The Morgan fingerprint density at radius 2 is 2.00 bits per heavy atom. The predicted molar refractivity (Wildman–Crippen MR) is 70.9 cm³/mol. The molecule has 0 fully saturated rings. The van der Waals surface area contributed by atoms with Crippen molar-refractivity contribution < 1.29 is 5.11 Å². The summed E-state index contributed by atoms with van der Waals surface area (Å²) in [5.41, 5.74) is 6.10. The van der Waals surface area contributed by atoms with Gasteiger partial charge in [0.1, 0.15) is 0 Å². The summed E-state index contributed by atoms with van der Waals surface area (Å²) < 4.78 is 1.91. The van der Waals surface area contributed by atoms with Gasteiger partial charge in [-0.15, -0.1) is 0 Å². The Labute approximate surface area is 107 Å². The fraction of sp³-hybridized carbons (Fsp3) is 0.429. The normalized spacial score (nSPS) is 10.9. The van der Waals surface area contributed by atoms with E-state index in [0.29, 0.717) is 0 Å². The molecule has 2 aromatic heterocycles. The van der Waals surface area contributed by atoms with Gasteiger partial charge in [-0.25, -0.2) is 4.68 Å². The molecule has 0 aromatic carbocycles. The molecule has 96 valence electrons. The molecule has 2 heterocycles. The molecule has 0 saturated heterocycles. The lowest BCUT2D eigenvalue weighted by Crippen LogP contribution is -2.05. The van der Waals surface area contributed by atoms with Crippen molar-refractivity contribution in [2.75, 3.05) is 0 Å². The summed E-state index contributed by atoms with van der Waals surface area (Å²) in [6, 6.07) is 1.96. The maximum absolute atomic E-state index is 9.41. The van der Waals surface area contributed by atoms with Crippen LogP contribution in [0.2, 0.25) is 0 Å². The van der Waals surface area contributed by atoms with Crippen LogP contribution in [0.1, 0.15) is 35.1 Å². The number of rotatable bonds is 3. The molecule has 0 spiro atoms. The molecule has 1 N–H and O–H groups in total. The second kappa shape index (κ2) is 4.90. The zero-order valence-electron chi connectivity index (χ0n) is 11.4. The van der Waals surface area contributed by atoms with Gasteiger partial charge in [-0.05, 0) is 38.8 Å². The van der Waals surface area contributed by atoms with Gasteiger partial charge in [-0.1, -0.05) is 6.92 Å². The summed E-state index contributed by atoms with van der Waals surface area (Å²) in [7, 11) is 0. The lowest BCUT2D eigenvalue weighted by atomic mass is 10.1. The summed E-state index contributed by atoms with van der Waals surface area (Å²) in [4.78, 5) is 4.21. The molecule has 0 unspecified atom stereocenters. The number of hydrogen-bond donors (Lipinski definition) is 1. The Morgan fingerprint density at radius 1 is 1.28 bits per heavy atom. The molecule has 0 atom stereocenters. The van der Waals surface area contributed by atoms with Crippen molar-refractivity contribution in [3.63, 3.8) is 0 Å². The van der Waals surface area contributed by atoms with E-state index in [-0.39, 0.29) is 6.61 Å². The van der Waals surface area contributed by atoms with E-state index < -0.39 is 0 Å². The quantitative estimate of drug-likeness (QED) is 0.902. The van der Waals surface area contributed by atoms with E-state index in [1.165, 1.54) is 5.56 Å². The third-order valence-corrected chi connectivity index (χ3v) is 3.29. The Bertz CT molecular complexity index is 573. The Balaban J connectivity index is 2.65. The van der Waals surface area contributed by atoms with Crippen molar-refractivity contribution in [3.8, 4) is 5.69 Å². The average molecular weight is 245 g/mol. The van der Waals surface area contributed by atoms with Gasteiger partial charge in [0.15, 0.2) is 0 Å². The highest BCUT2D eigenvalue weighted by atomic mass is 16.3. The van der Waals surface area contributed by atoms with E-state index in [0.717, 1.165) is 34.8 Å². The standard InChI is InChI=1S/C14H19N3O/c1-5-13-10(3)16-17(11(13)4)14-6-9(2)15-7-12(14)8-18/h6-7,18H,5,8H2,1-4H3. The molecule has 2 rings (SSSR count). The lowest BCUT2D eigenvalue weighted by molar-refractivity contribution is 0.280. The van der Waals surface area contributed by atoms with Gasteiger partial charge in [-0.2, -0.15) is 5.10 Å². The molecular formula is C14H19N3O. The fourth-order valence-electron chi connectivity index (χ4n) is 2.31. The number of pyridine rings is 1. The molecular weight excluding hydrogens is 226 g/mol. The summed E-state index contributed by atoms with van der Waals surface area (Å²) >= 11 is 0. The minimum atomic E-state index is -0.0254. The molecule has 0 aliphatic rings. The highest BCUT2D eigenvalue weighted by Gasteiger charge is 2.14. The second-order valence-electron chi connectivity index (χ2n) is 4.53. The van der Waals surface area contributed by atoms with Gasteiger partial charge >= 0.3 is 0 Å². The number of aryl methyl sites for hydroxylation is 2. The summed E-state index contributed by atoms with van der Waals surface area (Å²) in [6.45, 7) is 8.14. The van der Waals surface area contributed by atoms with Gasteiger partial charge in [0, 0.05) is 23.1 Å². The van der Waals surface area contributed by atoms with Crippen molar-refractivity contribution in [3.05, 3.63) is 40.5 Å². The van der Waals surface area contributed by atoms with Crippen LogP contribution in [-0.4, -0.2) is 19.9 Å². The number of hydrogen-bond acceptors (Lipinski definition) is 3. The first-order valence-electron chi connectivity index (χ1n) is 6.20. The van der Waals surface area contributed by atoms with Gasteiger partial charge in [0.25, 0.3) is 0 Å². The Hall–Kier alpha value is -1.68. The monoisotopic (exact) mass is 245 g/mol. The third-order valence-electron chi connectivity index (χ3n) is 3.29. The van der Waals surface area contributed by atoms with E-state index in [9.17, 15) is 5.11 Å². The minimum Gasteiger partial charge on any atom is -0.392 e. The van der Waals surface area contributed by atoms with Gasteiger partial charge in [0.05, 0.1) is 18.0 Å². The fourth-order valence-corrected chi connectivity index (χ4v) is 2.31. The first-order valence-corrected chi connectivity index (χ1v) is 6.20. The zero-order chi connectivity index (χ0) is 13.3. The number of nitrogens with zero attached hydrogens (tertiary/aromatic N) is 3. The molecule has 0 aliphatic heterocycles. The van der Waals surface area contributed by atoms with Crippen LogP contribution < -0.4 is 0 Å². The summed E-state index contributed by atoms with van der Waals surface area (Å²) in [5.74, 6) is 0. The Morgan fingerprint density at radius 3 is 2.56 bits per heavy atom. The highest BCUT2D eigenvalue weighted by Crippen LogP contribution is 2.21. The zero-order valence-corrected chi connectivity index (χ0v) is 11.4. The van der Waals surface area contributed by atoms with Crippen LogP contribution in [0.5, 0.6) is 0 Å². The minimum absolute atomic E-state index is 0.0254. The number of aliphatic hydroxyl groups excluding tert-OH is 1.